The van der Waals surface area contributed by atoms with Crippen LogP contribution in [0, 0.1) is 0 Å². The van der Waals surface area contributed by atoms with Gasteiger partial charge in [-0.15, -0.1) is 0 Å². The standard InChI is InChI=1S/C15H16ClNO/c1-15(5-2-6-17-15)13-8-11-7-12(16)4-3-10(11)9-14(13)18/h3-4,7-9,17-18H,2,5-6H2,1H3. The second-order valence-electron chi connectivity index (χ2n) is 5.22. The van der Waals surface area contributed by atoms with Gasteiger partial charge in [0.1, 0.15) is 5.75 Å². The van der Waals surface area contributed by atoms with Gasteiger partial charge in [0.25, 0.3) is 0 Å². The Labute approximate surface area is 112 Å². The Morgan fingerprint density at radius 1 is 1.22 bits per heavy atom. The van der Waals surface area contributed by atoms with E-state index in [9.17, 15) is 5.11 Å². The van der Waals surface area contributed by atoms with E-state index in [1.54, 1.807) is 0 Å². The van der Waals surface area contributed by atoms with Crippen molar-refractivity contribution in [1.29, 1.82) is 0 Å². The average molecular weight is 262 g/mol. The maximum absolute atomic E-state index is 10.2. The van der Waals surface area contributed by atoms with Crippen LogP contribution in [0.5, 0.6) is 5.75 Å². The minimum Gasteiger partial charge on any atom is -0.508 e. The van der Waals surface area contributed by atoms with Gasteiger partial charge in [-0.2, -0.15) is 0 Å². The first kappa shape index (κ1) is 11.8. The summed E-state index contributed by atoms with van der Waals surface area (Å²) >= 11 is 6.03. The second-order valence-corrected chi connectivity index (χ2v) is 5.66. The van der Waals surface area contributed by atoms with Crippen LogP contribution in [0.15, 0.2) is 30.3 Å². The zero-order valence-corrected chi connectivity index (χ0v) is 11.1. The van der Waals surface area contributed by atoms with Gasteiger partial charge >= 0.3 is 0 Å². The van der Waals surface area contributed by atoms with E-state index in [2.05, 4.69) is 18.3 Å². The summed E-state index contributed by atoms with van der Waals surface area (Å²) in [6.07, 6.45) is 2.19. The molecule has 1 unspecified atom stereocenters. The van der Waals surface area contributed by atoms with Gasteiger partial charge in [-0.1, -0.05) is 17.7 Å². The van der Waals surface area contributed by atoms with Crippen LogP contribution in [0.4, 0.5) is 0 Å². The number of fused-ring (bicyclic) bond motifs is 1. The zero-order valence-electron chi connectivity index (χ0n) is 10.3. The lowest BCUT2D eigenvalue weighted by molar-refractivity contribution is 0.395. The summed E-state index contributed by atoms with van der Waals surface area (Å²) in [6.45, 7) is 3.15. The largest absolute Gasteiger partial charge is 0.508 e. The lowest BCUT2D eigenvalue weighted by Crippen LogP contribution is -2.33. The van der Waals surface area contributed by atoms with Crippen LogP contribution in [0.3, 0.4) is 0 Å². The molecule has 1 saturated heterocycles. The minimum atomic E-state index is -0.124. The first-order valence-electron chi connectivity index (χ1n) is 6.26. The number of nitrogens with one attached hydrogen (secondary N) is 1. The molecular formula is C15H16ClNO. The predicted octanol–water partition coefficient (Wildman–Crippen LogP) is 3.80. The maximum Gasteiger partial charge on any atom is 0.121 e. The summed E-state index contributed by atoms with van der Waals surface area (Å²) in [7, 11) is 0. The summed E-state index contributed by atoms with van der Waals surface area (Å²) in [4.78, 5) is 0. The van der Waals surface area contributed by atoms with Gasteiger partial charge in [0, 0.05) is 16.1 Å². The van der Waals surface area contributed by atoms with Gasteiger partial charge in [-0.05, 0) is 61.3 Å². The predicted molar refractivity (Wildman–Crippen MR) is 75.2 cm³/mol. The Kier molecular flexibility index (Phi) is 2.72. The smallest absolute Gasteiger partial charge is 0.121 e. The van der Waals surface area contributed by atoms with Gasteiger partial charge in [0.05, 0.1) is 0 Å². The molecule has 2 aromatic rings. The molecule has 3 rings (SSSR count). The Hall–Kier alpha value is -1.25. The van der Waals surface area contributed by atoms with Crippen molar-refractivity contribution in [2.24, 2.45) is 0 Å². The molecule has 1 aliphatic rings. The normalized spacial score (nSPS) is 23.7. The van der Waals surface area contributed by atoms with Crippen LogP contribution in [0.1, 0.15) is 25.3 Å². The van der Waals surface area contributed by atoms with Gasteiger partial charge in [-0.3, -0.25) is 0 Å². The molecule has 0 radical (unpaired) electrons. The number of hydrogen-bond acceptors (Lipinski definition) is 2. The fraction of sp³-hybridized carbons (Fsp3) is 0.333. The molecule has 3 heteroatoms. The molecule has 2 N–H and O–H groups in total. The molecule has 1 fully saturated rings. The molecule has 1 atom stereocenters. The summed E-state index contributed by atoms with van der Waals surface area (Å²) in [6, 6.07) is 9.60. The quantitative estimate of drug-likeness (QED) is 0.818. The average Bonchev–Trinajstić information content (AvgIpc) is 2.77. The fourth-order valence-corrected chi connectivity index (χ4v) is 3.00. The van der Waals surface area contributed by atoms with Crippen LogP contribution >= 0.6 is 11.6 Å². The van der Waals surface area contributed by atoms with Crippen LogP contribution < -0.4 is 5.32 Å². The number of benzene rings is 2. The SMILES string of the molecule is CC1(c2cc3cc(Cl)ccc3cc2O)CCCN1. The first-order valence-corrected chi connectivity index (χ1v) is 6.64. The van der Waals surface area contributed by atoms with Crippen molar-refractivity contribution in [2.75, 3.05) is 6.54 Å². The lowest BCUT2D eigenvalue weighted by atomic mass is 9.88. The molecule has 1 heterocycles. The van der Waals surface area contributed by atoms with E-state index in [-0.39, 0.29) is 5.54 Å². The molecule has 0 bridgehead atoms. The van der Waals surface area contributed by atoms with Gasteiger partial charge < -0.3 is 10.4 Å². The van der Waals surface area contributed by atoms with Crippen LogP contribution in [0.2, 0.25) is 5.02 Å². The summed E-state index contributed by atoms with van der Waals surface area (Å²) in [5, 5.41) is 16.5. The highest BCUT2D eigenvalue weighted by Crippen LogP contribution is 2.38. The van der Waals surface area contributed by atoms with Crippen molar-refractivity contribution in [3.63, 3.8) is 0 Å². The van der Waals surface area contributed by atoms with Crippen molar-refractivity contribution in [3.05, 3.63) is 40.9 Å². The Morgan fingerprint density at radius 2 is 2.06 bits per heavy atom. The topological polar surface area (TPSA) is 32.3 Å². The van der Waals surface area contributed by atoms with E-state index < -0.39 is 0 Å². The molecule has 1 aliphatic heterocycles. The molecule has 0 aromatic heterocycles. The molecule has 0 amide bonds. The number of rotatable bonds is 1. The number of phenolic OH excluding ortho intramolecular Hbond substituents is 1. The van der Waals surface area contributed by atoms with Crippen LogP contribution in [-0.4, -0.2) is 11.7 Å². The highest BCUT2D eigenvalue weighted by molar-refractivity contribution is 6.31. The summed E-state index contributed by atoms with van der Waals surface area (Å²) in [5.41, 5.74) is 0.843. The summed E-state index contributed by atoms with van der Waals surface area (Å²) in [5.74, 6) is 0.363. The zero-order chi connectivity index (χ0) is 12.8. The second kappa shape index (κ2) is 4.15. The molecule has 94 valence electrons. The number of aromatic hydroxyl groups is 1. The van der Waals surface area contributed by atoms with Crippen molar-refractivity contribution in [3.8, 4) is 5.75 Å². The molecule has 2 aromatic carbocycles. The van der Waals surface area contributed by atoms with Gasteiger partial charge in [0.15, 0.2) is 0 Å². The minimum absolute atomic E-state index is 0.124. The summed E-state index contributed by atoms with van der Waals surface area (Å²) < 4.78 is 0. The molecular weight excluding hydrogens is 246 g/mol. The molecule has 0 aliphatic carbocycles. The third-order valence-corrected chi connectivity index (χ3v) is 4.12. The van der Waals surface area contributed by atoms with Gasteiger partial charge in [0.2, 0.25) is 0 Å². The molecule has 0 saturated carbocycles. The van der Waals surface area contributed by atoms with E-state index in [1.165, 1.54) is 0 Å². The van der Waals surface area contributed by atoms with E-state index in [1.807, 2.05) is 24.3 Å². The highest BCUT2D eigenvalue weighted by Gasteiger charge is 2.32. The number of hydrogen-bond donors (Lipinski definition) is 2. The highest BCUT2D eigenvalue weighted by atomic mass is 35.5. The van der Waals surface area contributed by atoms with E-state index in [4.69, 9.17) is 11.6 Å². The van der Waals surface area contributed by atoms with Crippen molar-refractivity contribution < 1.29 is 5.11 Å². The third kappa shape index (κ3) is 1.86. The van der Waals surface area contributed by atoms with Crippen LogP contribution in [0.25, 0.3) is 10.8 Å². The van der Waals surface area contributed by atoms with Crippen molar-refractivity contribution in [1.82, 2.24) is 5.32 Å². The van der Waals surface area contributed by atoms with E-state index in [0.717, 1.165) is 40.7 Å². The lowest BCUT2D eigenvalue weighted by Gasteiger charge is -2.26. The maximum atomic E-state index is 10.2. The fourth-order valence-electron chi connectivity index (χ4n) is 2.82. The molecule has 2 nitrogen and oxygen atoms in total. The van der Waals surface area contributed by atoms with E-state index in [0.29, 0.717) is 5.75 Å². The number of halogens is 1. The Balaban J connectivity index is 2.20. The molecule has 0 spiro atoms. The van der Waals surface area contributed by atoms with E-state index >= 15 is 0 Å². The third-order valence-electron chi connectivity index (χ3n) is 3.88. The van der Waals surface area contributed by atoms with Crippen molar-refractivity contribution >= 4 is 22.4 Å². The first-order chi connectivity index (χ1) is 8.58. The molecule has 18 heavy (non-hydrogen) atoms. The number of phenols is 1. The monoisotopic (exact) mass is 261 g/mol. The van der Waals surface area contributed by atoms with Crippen LogP contribution in [-0.2, 0) is 5.54 Å². The Bertz CT molecular complexity index is 603. The van der Waals surface area contributed by atoms with Crippen molar-refractivity contribution in [2.45, 2.75) is 25.3 Å². The van der Waals surface area contributed by atoms with Gasteiger partial charge in [-0.25, -0.2) is 0 Å². The Morgan fingerprint density at radius 3 is 2.78 bits per heavy atom.